The number of carbonyl (C=O) groups is 2. The Morgan fingerprint density at radius 2 is 1.77 bits per heavy atom. The Labute approximate surface area is 138 Å². The second-order valence-corrected chi connectivity index (χ2v) is 6.28. The van der Waals surface area contributed by atoms with Crippen LogP contribution in [0.3, 0.4) is 0 Å². The first kappa shape index (κ1) is 15.5. The van der Waals surface area contributed by atoms with Gasteiger partial charge in [0.15, 0.2) is 0 Å². The average Bonchev–Trinajstić information content (AvgIpc) is 2.76. The van der Waals surface area contributed by atoms with Crippen LogP contribution in [0.2, 0.25) is 10.0 Å². The largest absolute Gasteiger partial charge is 0.381 e. The van der Waals surface area contributed by atoms with Crippen molar-refractivity contribution in [3.63, 3.8) is 0 Å². The van der Waals surface area contributed by atoms with Crippen LogP contribution in [0.15, 0.2) is 24.3 Å². The number of hydrogen-bond donors (Lipinski definition) is 0. The first-order valence-electron chi connectivity index (χ1n) is 7.17. The SMILES string of the molecule is O=C1C=C(c2c(Cl)cccc2Cl)C(=O)N1CC1CCOCC1. The van der Waals surface area contributed by atoms with E-state index in [0.29, 0.717) is 35.4 Å². The van der Waals surface area contributed by atoms with E-state index in [-0.39, 0.29) is 23.3 Å². The Hall–Kier alpha value is -1.36. The van der Waals surface area contributed by atoms with Crippen LogP contribution < -0.4 is 0 Å². The minimum absolute atomic E-state index is 0.271. The van der Waals surface area contributed by atoms with Crippen LogP contribution in [0.5, 0.6) is 0 Å². The maximum atomic E-state index is 12.6. The van der Waals surface area contributed by atoms with E-state index < -0.39 is 0 Å². The maximum absolute atomic E-state index is 12.6. The Bertz CT molecular complexity index is 631. The minimum atomic E-state index is -0.327. The lowest BCUT2D eigenvalue weighted by Gasteiger charge is -2.26. The highest BCUT2D eigenvalue weighted by atomic mass is 35.5. The van der Waals surface area contributed by atoms with Crippen LogP contribution >= 0.6 is 23.2 Å². The standard InChI is InChI=1S/C16H15Cl2NO3/c17-12-2-1-3-13(18)15(12)11-8-14(20)19(16(11)21)9-10-4-6-22-7-5-10/h1-3,8,10H,4-7,9H2. The van der Waals surface area contributed by atoms with Gasteiger partial charge in [-0.05, 0) is 30.9 Å². The monoisotopic (exact) mass is 339 g/mol. The molecule has 1 aromatic carbocycles. The zero-order valence-electron chi connectivity index (χ0n) is 11.9. The fourth-order valence-electron chi connectivity index (χ4n) is 2.80. The molecule has 2 heterocycles. The van der Waals surface area contributed by atoms with Crippen LogP contribution in [0.25, 0.3) is 5.57 Å². The lowest BCUT2D eigenvalue weighted by atomic mass is 9.99. The van der Waals surface area contributed by atoms with Gasteiger partial charge in [-0.1, -0.05) is 29.3 Å². The normalized spacial score (nSPS) is 19.7. The van der Waals surface area contributed by atoms with Crippen molar-refractivity contribution in [2.45, 2.75) is 12.8 Å². The summed E-state index contributed by atoms with van der Waals surface area (Å²) < 4.78 is 5.30. The predicted octanol–water partition coefficient (Wildman–Crippen LogP) is 3.17. The summed E-state index contributed by atoms with van der Waals surface area (Å²) in [6, 6.07) is 5.01. The summed E-state index contributed by atoms with van der Waals surface area (Å²) >= 11 is 12.3. The van der Waals surface area contributed by atoms with Crippen LogP contribution in [0, 0.1) is 5.92 Å². The number of ether oxygens (including phenoxy) is 1. The van der Waals surface area contributed by atoms with Crippen molar-refractivity contribution in [2.75, 3.05) is 19.8 Å². The number of imide groups is 1. The molecule has 0 bridgehead atoms. The van der Waals surface area contributed by atoms with Crippen LogP contribution in [0.4, 0.5) is 0 Å². The fourth-order valence-corrected chi connectivity index (χ4v) is 3.40. The number of carbonyl (C=O) groups excluding carboxylic acids is 2. The molecule has 0 radical (unpaired) electrons. The van der Waals surface area contributed by atoms with E-state index in [0.717, 1.165) is 12.8 Å². The van der Waals surface area contributed by atoms with Crippen molar-refractivity contribution in [3.8, 4) is 0 Å². The second kappa shape index (κ2) is 6.41. The number of hydrogen-bond acceptors (Lipinski definition) is 3. The summed E-state index contributed by atoms with van der Waals surface area (Å²) in [5.41, 5.74) is 0.700. The van der Waals surface area contributed by atoms with E-state index in [1.54, 1.807) is 18.2 Å². The van der Waals surface area contributed by atoms with Gasteiger partial charge in [0.2, 0.25) is 0 Å². The third-order valence-electron chi connectivity index (χ3n) is 4.02. The van der Waals surface area contributed by atoms with Gasteiger partial charge in [-0.2, -0.15) is 0 Å². The van der Waals surface area contributed by atoms with Crippen molar-refractivity contribution in [1.29, 1.82) is 0 Å². The van der Waals surface area contributed by atoms with Gasteiger partial charge in [-0.3, -0.25) is 14.5 Å². The first-order chi connectivity index (χ1) is 10.6. The van der Waals surface area contributed by atoms with E-state index in [1.165, 1.54) is 11.0 Å². The minimum Gasteiger partial charge on any atom is -0.381 e. The second-order valence-electron chi connectivity index (χ2n) is 5.46. The molecule has 3 rings (SSSR count). The number of nitrogens with zero attached hydrogens (tertiary/aromatic N) is 1. The lowest BCUT2D eigenvalue weighted by Crippen LogP contribution is -2.37. The van der Waals surface area contributed by atoms with E-state index in [4.69, 9.17) is 27.9 Å². The number of benzene rings is 1. The molecule has 0 aromatic heterocycles. The molecule has 116 valence electrons. The van der Waals surface area contributed by atoms with Gasteiger partial charge in [0.1, 0.15) is 0 Å². The summed E-state index contributed by atoms with van der Waals surface area (Å²) in [5.74, 6) is -0.343. The van der Waals surface area contributed by atoms with E-state index in [1.807, 2.05) is 0 Å². The number of halogens is 2. The van der Waals surface area contributed by atoms with Gasteiger partial charge in [0, 0.05) is 31.4 Å². The molecule has 0 aliphatic carbocycles. The van der Waals surface area contributed by atoms with Crippen molar-refractivity contribution >= 4 is 40.6 Å². The molecular formula is C16H15Cl2NO3. The van der Waals surface area contributed by atoms with Crippen molar-refractivity contribution in [3.05, 3.63) is 39.9 Å². The van der Waals surface area contributed by atoms with Crippen LogP contribution in [-0.2, 0) is 14.3 Å². The number of amides is 2. The molecule has 1 saturated heterocycles. The molecular weight excluding hydrogens is 325 g/mol. The average molecular weight is 340 g/mol. The smallest absolute Gasteiger partial charge is 0.261 e. The molecule has 0 saturated carbocycles. The molecule has 0 atom stereocenters. The molecule has 22 heavy (non-hydrogen) atoms. The van der Waals surface area contributed by atoms with E-state index in [2.05, 4.69) is 0 Å². The van der Waals surface area contributed by atoms with Crippen LogP contribution in [-0.4, -0.2) is 36.5 Å². The maximum Gasteiger partial charge on any atom is 0.261 e. The highest BCUT2D eigenvalue weighted by Crippen LogP contribution is 2.35. The highest BCUT2D eigenvalue weighted by molar-refractivity contribution is 6.43. The Balaban J connectivity index is 1.82. The van der Waals surface area contributed by atoms with Gasteiger partial charge < -0.3 is 4.74 Å². The quantitative estimate of drug-likeness (QED) is 0.794. The van der Waals surface area contributed by atoms with Crippen molar-refractivity contribution in [1.82, 2.24) is 4.90 Å². The van der Waals surface area contributed by atoms with Gasteiger partial charge in [-0.15, -0.1) is 0 Å². The molecule has 1 fully saturated rings. The van der Waals surface area contributed by atoms with Crippen molar-refractivity contribution < 1.29 is 14.3 Å². The zero-order valence-corrected chi connectivity index (χ0v) is 13.4. The molecule has 1 aromatic rings. The summed E-state index contributed by atoms with van der Waals surface area (Å²) in [6.07, 6.45) is 3.05. The molecule has 2 amide bonds. The summed E-state index contributed by atoms with van der Waals surface area (Å²) in [6.45, 7) is 1.78. The fraction of sp³-hybridized carbons (Fsp3) is 0.375. The topological polar surface area (TPSA) is 46.6 Å². The molecule has 6 heteroatoms. The van der Waals surface area contributed by atoms with Crippen LogP contribution in [0.1, 0.15) is 18.4 Å². The molecule has 0 spiro atoms. The molecule has 2 aliphatic rings. The summed E-state index contributed by atoms with van der Waals surface area (Å²) in [5, 5.41) is 0.737. The highest BCUT2D eigenvalue weighted by Gasteiger charge is 2.35. The first-order valence-corrected chi connectivity index (χ1v) is 7.93. The van der Waals surface area contributed by atoms with Gasteiger partial charge in [-0.25, -0.2) is 0 Å². The number of rotatable bonds is 3. The van der Waals surface area contributed by atoms with Gasteiger partial charge in [0.05, 0.1) is 15.6 Å². The van der Waals surface area contributed by atoms with E-state index in [9.17, 15) is 9.59 Å². The molecule has 0 unspecified atom stereocenters. The van der Waals surface area contributed by atoms with Gasteiger partial charge in [0.25, 0.3) is 11.8 Å². The lowest BCUT2D eigenvalue weighted by molar-refractivity contribution is -0.137. The third-order valence-corrected chi connectivity index (χ3v) is 4.65. The predicted molar refractivity (Wildman–Crippen MR) is 84.7 cm³/mol. The summed E-state index contributed by atoms with van der Waals surface area (Å²) in [7, 11) is 0. The van der Waals surface area contributed by atoms with E-state index >= 15 is 0 Å². The molecule has 2 aliphatic heterocycles. The van der Waals surface area contributed by atoms with Crippen molar-refractivity contribution in [2.24, 2.45) is 5.92 Å². The van der Waals surface area contributed by atoms with Gasteiger partial charge >= 0.3 is 0 Å². The Morgan fingerprint density at radius 1 is 1.14 bits per heavy atom. The zero-order chi connectivity index (χ0) is 15.7. The Morgan fingerprint density at radius 3 is 2.41 bits per heavy atom. The molecule has 4 nitrogen and oxygen atoms in total. The third kappa shape index (κ3) is 2.91. The Kier molecular flexibility index (Phi) is 4.52. The molecule has 0 N–H and O–H groups in total. The summed E-state index contributed by atoms with van der Waals surface area (Å²) in [4.78, 5) is 26.0.